The van der Waals surface area contributed by atoms with Gasteiger partial charge in [0, 0.05) is 23.6 Å². The molecule has 6 rings (SSSR count). The number of aromatic nitrogens is 1. The molecule has 1 aliphatic rings. The van der Waals surface area contributed by atoms with Gasteiger partial charge in [-0.15, -0.1) is 0 Å². The summed E-state index contributed by atoms with van der Waals surface area (Å²) in [6.45, 7) is 0.0450. The highest BCUT2D eigenvalue weighted by atomic mass is 32.2. The van der Waals surface area contributed by atoms with Crippen molar-refractivity contribution in [3.8, 4) is 0 Å². The van der Waals surface area contributed by atoms with E-state index in [-0.39, 0.29) is 17.9 Å². The van der Waals surface area contributed by atoms with Crippen molar-refractivity contribution in [3.63, 3.8) is 0 Å². The van der Waals surface area contributed by atoms with Gasteiger partial charge in [-0.05, 0) is 53.1 Å². The molecule has 8 heteroatoms. The van der Waals surface area contributed by atoms with Gasteiger partial charge in [0.1, 0.15) is 6.04 Å². The van der Waals surface area contributed by atoms with Crippen molar-refractivity contribution in [2.24, 2.45) is 0 Å². The van der Waals surface area contributed by atoms with E-state index in [1.807, 2.05) is 54.7 Å². The van der Waals surface area contributed by atoms with Crippen LogP contribution < -0.4 is 4.90 Å². The molecule has 2 amide bonds. The third-order valence-electron chi connectivity index (χ3n) is 7.09. The maximum atomic E-state index is 14.1. The molecular formula is C30H25N3O4S. The first kappa shape index (κ1) is 24.1. The molecule has 5 aromatic rings. The monoisotopic (exact) mass is 523 g/mol. The quantitative estimate of drug-likeness (QED) is 0.308. The number of nitrogens with one attached hydrogen (secondary N) is 1. The maximum Gasteiger partial charge on any atom is 0.252 e. The summed E-state index contributed by atoms with van der Waals surface area (Å²) in [5, 5.41) is 2.69. The minimum Gasteiger partial charge on any atom is -0.361 e. The summed E-state index contributed by atoms with van der Waals surface area (Å²) < 4.78 is 29.4. The second kappa shape index (κ2) is 9.55. The molecule has 0 saturated carbocycles. The van der Waals surface area contributed by atoms with Crippen LogP contribution in [0.15, 0.2) is 108 Å². The fourth-order valence-electron chi connectivity index (χ4n) is 5.17. The van der Waals surface area contributed by atoms with E-state index in [2.05, 4.69) is 4.98 Å². The Morgan fingerprint density at radius 1 is 0.842 bits per heavy atom. The normalized spacial score (nSPS) is 16.2. The number of anilines is 1. The number of sulfonamides is 1. The SMILES string of the molecule is O=C1CC(N(CCc2c[nH]c3ccccc23)S(=O)(=O)c2ccc3ccccc3c2)C(=O)N1c1ccccc1. The van der Waals surface area contributed by atoms with E-state index in [0.29, 0.717) is 12.1 Å². The lowest BCUT2D eigenvalue weighted by Gasteiger charge is -2.27. The summed E-state index contributed by atoms with van der Waals surface area (Å²) in [7, 11) is -4.12. The number of benzene rings is 4. The van der Waals surface area contributed by atoms with Crippen LogP contribution in [0, 0.1) is 0 Å². The second-order valence-corrected chi connectivity index (χ2v) is 11.2. The van der Waals surface area contributed by atoms with Gasteiger partial charge >= 0.3 is 0 Å². The lowest BCUT2D eigenvalue weighted by Crippen LogP contribution is -2.46. The number of aromatic amines is 1. The zero-order valence-electron chi connectivity index (χ0n) is 20.4. The van der Waals surface area contributed by atoms with Crippen molar-refractivity contribution in [1.29, 1.82) is 0 Å². The van der Waals surface area contributed by atoms with Gasteiger partial charge in [-0.25, -0.2) is 13.3 Å². The number of nitrogens with zero attached hydrogens (tertiary/aromatic N) is 2. The van der Waals surface area contributed by atoms with Gasteiger partial charge in [-0.3, -0.25) is 9.59 Å². The van der Waals surface area contributed by atoms with Crippen molar-refractivity contribution in [2.45, 2.75) is 23.8 Å². The van der Waals surface area contributed by atoms with E-state index < -0.39 is 27.9 Å². The van der Waals surface area contributed by atoms with Crippen LogP contribution in [0.5, 0.6) is 0 Å². The topological polar surface area (TPSA) is 90.5 Å². The van der Waals surface area contributed by atoms with Gasteiger partial charge in [-0.1, -0.05) is 66.7 Å². The summed E-state index contributed by atoms with van der Waals surface area (Å²) in [6.07, 6.45) is 2.03. The zero-order valence-corrected chi connectivity index (χ0v) is 21.3. The van der Waals surface area contributed by atoms with Crippen LogP contribution in [0.25, 0.3) is 21.7 Å². The van der Waals surface area contributed by atoms with E-state index in [1.165, 1.54) is 4.31 Å². The Balaban J connectivity index is 1.39. The van der Waals surface area contributed by atoms with Gasteiger partial charge in [0.15, 0.2) is 0 Å². The molecule has 0 bridgehead atoms. The number of hydrogen-bond donors (Lipinski definition) is 1. The fourth-order valence-corrected chi connectivity index (χ4v) is 6.78. The first-order valence-corrected chi connectivity index (χ1v) is 13.8. The Kier molecular flexibility index (Phi) is 6.06. The molecule has 7 nitrogen and oxygen atoms in total. The average molecular weight is 524 g/mol. The van der Waals surface area contributed by atoms with Gasteiger partial charge < -0.3 is 4.98 Å². The Labute approximate surface area is 220 Å². The number of fused-ring (bicyclic) bond motifs is 2. The first-order chi connectivity index (χ1) is 18.4. The van der Waals surface area contributed by atoms with Gasteiger partial charge in [-0.2, -0.15) is 4.31 Å². The average Bonchev–Trinajstić information content (AvgIpc) is 3.48. The van der Waals surface area contributed by atoms with E-state index in [0.717, 1.165) is 32.1 Å². The summed E-state index contributed by atoms with van der Waals surface area (Å²) in [5.74, 6) is -0.957. The zero-order chi connectivity index (χ0) is 26.3. The molecule has 1 unspecified atom stereocenters. The lowest BCUT2D eigenvalue weighted by atomic mass is 10.1. The first-order valence-electron chi connectivity index (χ1n) is 12.4. The molecule has 1 N–H and O–H groups in total. The molecule has 1 aromatic heterocycles. The van der Waals surface area contributed by atoms with E-state index in [1.54, 1.807) is 48.5 Å². The Hall–Kier alpha value is -4.27. The molecule has 0 aliphatic carbocycles. The summed E-state index contributed by atoms with van der Waals surface area (Å²) in [4.78, 5) is 31.0. The van der Waals surface area contributed by atoms with Crippen molar-refractivity contribution < 1.29 is 18.0 Å². The molecule has 1 aliphatic heterocycles. The Morgan fingerprint density at radius 3 is 2.37 bits per heavy atom. The summed E-state index contributed by atoms with van der Waals surface area (Å²) in [5.41, 5.74) is 2.33. The van der Waals surface area contributed by atoms with Crippen LogP contribution in [-0.4, -0.2) is 42.1 Å². The summed E-state index contributed by atoms with van der Waals surface area (Å²) in [6, 6.07) is 27.7. The Morgan fingerprint density at radius 2 is 1.55 bits per heavy atom. The highest BCUT2D eigenvalue weighted by Gasteiger charge is 2.46. The predicted molar refractivity (Wildman–Crippen MR) is 147 cm³/mol. The third-order valence-corrected chi connectivity index (χ3v) is 8.99. The highest BCUT2D eigenvalue weighted by molar-refractivity contribution is 7.89. The molecule has 2 heterocycles. The molecule has 1 saturated heterocycles. The molecule has 38 heavy (non-hydrogen) atoms. The Bertz CT molecular complexity index is 1780. The van der Waals surface area contributed by atoms with Crippen LogP contribution in [0.2, 0.25) is 0 Å². The van der Waals surface area contributed by atoms with Crippen molar-refractivity contribution in [3.05, 3.63) is 109 Å². The molecular weight excluding hydrogens is 498 g/mol. The maximum absolute atomic E-state index is 14.1. The van der Waals surface area contributed by atoms with E-state index in [9.17, 15) is 18.0 Å². The molecule has 4 aromatic carbocycles. The molecule has 0 radical (unpaired) electrons. The molecule has 1 atom stereocenters. The highest BCUT2D eigenvalue weighted by Crippen LogP contribution is 2.31. The van der Waals surface area contributed by atoms with Crippen LogP contribution in [0.3, 0.4) is 0 Å². The van der Waals surface area contributed by atoms with Gasteiger partial charge in [0.05, 0.1) is 17.0 Å². The standard InChI is InChI=1S/C30H25N3O4S/c34-29-19-28(30(35)33(29)24-10-2-1-3-11-24)32(17-16-23-20-31-27-13-7-6-12-26(23)27)38(36,37)25-15-14-21-8-4-5-9-22(21)18-25/h1-15,18,20,28,31H,16-17,19H2. The van der Waals surface area contributed by atoms with E-state index in [4.69, 9.17) is 0 Å². The van der Waals surface area contributed by atoms with Crippen molar-refractivity contribution in [1.82, 2.24) is 9.29 Å². The number of carbonyl (C=O) groups excluding carboxylic acids is 2. The lowest BCUT2D eigenvalue weighted by molar-refractivity contribution is -0.122. The molecule has 0 spiro atoms. The third kappa shape index (κ3) is 4.17. The largest absolute Gasteiger partial charge is 0.361 e. The fraction of sp³-hybridized carbons (Fsp3) is 0.133. The molecule has 1 fully saturated rings. The van der Waals surface area contributed by atoms with Crippen molar-refractivity contribution >= 4 is 49.2 Å². The second-order valence-electron chi connectivity index (χ2n) is 9.36. The number of H-pyrrole nitrogens is 1. The van der Waals surface area contributed by atoms with Gasteiger partial charge in [0.25, 0.3) is 5.91 Å². The minimum absolute atomic E-state index is 0.0450. The van der Waals surface area contributed by atoms with Crippen LogP contribution in [-0.2, 0) is 26.0 Å². The number of amides is 2. The number of hydrogen-bond acceptors (Lipinski definition) is 4. The van der Waals surface area contributed by atoms with Gasteiger partial charge in [0.2, 0.25) is 15.9 Å². The number of carbonyl (C=O) groups is 2. The number of para-hydroxylation sites is 2. The number of imide groups is 1. The smallest absolute Gasteiger partial charge is 0.252 e. The van der Waals surface area contributed by atoms with Crippen LogP contribution >= 0.6 is 0 Å². The minimum atomic E-state index is -4.12. The number of rotatable bonds is 7. The van der Waals surface area contributed by atoms with Crippen LogP contribution in [0.1, 0.15) is 12.0 Å². The summed E-state index contributed by atoms with van der Waals surface area (Å²) >= 11 is 0. The van der Waals surface area contributed by atoms with Crippen molar-refractivity contribution in [2.75, 3.05) is 11.4 Å². The van der Waals surface area contributed by atoms with E-state index >= 15 is 0 Å². The predicted octanol–water partition coefficient (Wildman–Crippen LogP) is 4.89. The van der Waals surface area contributed by atoms with Crippen LogP contribution in [0.4, 0.5) is 5.69 Å². The molecule has 190 valence electrons.